The van der Waals surface area contributed by atoms with Crippen LogP contribution >= 0.6 is 11.6 Å². The number of anilines is 1. The number of carbonyl (C=O) groups is 2. The fourth-order valence-electron chi connectivity index (χ4n) is 3.39. The van der Waals surface area contributed by atoms with E-state index in [1.807, 2.05) is 13.0 Å². The molecule has 0 aromatic heterocycles. The van der Waals surface area contributed by atoms with Crippen LogP contribution in [0.3, 0.4) is 0 Å². The number of hydrogen-bond acceptors (Lipinski definition) is 4. The number of amides is 2. The SMILES string of the molecule is CCNC(=O)[C@@H](C)N(Cc1ccccc1Cl)C(=O)CN(c1ccc(C)cc1C)S(C)(=O)=O. The van der Waals surface area contributed by atoms with Crippen LogP contribution in [0.2, 0.25) is 5.02 Å². The molecule has 2 aromatic rings. The predicted molar refractivity (Wildman–Crippen MR) is 128 cm³/mol. The molecule has 32 heavy (non-hydrogen) atoms. The van der Waals surface area contributed by atoms with Crippen molar-refractivity contribution in [3.8, 4) is 0 Å². The third-order valence-electron chi connectivity index (χ3n) is 5.12. The van der Waals surface area contributed by atoms with Crippen LogP contribution in [-0.4, -0.2) is 50.5 Å². The molecule has 0 spiro atoms. The van der Waals surface area contributed by atoms with E-state index in [2.05, 4.69) is 5.32 Å². The number of hydrogen-bond donors (Lipinski definition) is 1. The Morgan fingerprint density at radius 3 is 2.34 bits per heavy atom. The summed E-state index contributed by atoms with van der Waals surface area (Å²) < 4.78 is 26.3. The minimum absolute atomic E-state index is 0.0707. The highest BCUT2D eigenvalue weighted by atomic mass is 35.5. The van der Waals surface area contributed by atoms with E-state index < -0.39 is 28.5 Å². The Labute approximate surface area is 195 Å². The van der Waals surface area contributed by atoms with Gasteiger partial charge in [0.25, 0.3) is 0 Å². The molecule has 2 aromatic carbocycles. The number of sulfonamides is 1. The summed E-state index contributed by atoms with van der Waals surface area (Å²) in [5, 5.41) is 3.17. The first kappa shape index (κ1) is 25.7. The Kier molecular flexibility index (Phi) is 8.69. The molecule has 0 aliphatic rings. The maximum absolute atomic E-state index is 13.4. The van der Waals surface area contributed by atoms with Crippen molar-refractivity contribution in [2.75, 3.05) is 23.7 Å². The lowest BCUT2D eigenvalue weighted by Gasteiger charge is -2.32. The van der Waals surface area contributed by atoms with E-state index >= 15 is 0 Å². The second-order valence-electron chi connectivity index (χ2n) is 7.74. The molecule has 0 bridgehead atoms. The molecule has 0 aliphatic carbocycles. The lowest BCUT2D eigenvalue weighted by molar-refractivity contribution is -0.139. The van der Waals surface area contributed by atoms with Gasteiger partial charge in [-0.1, -0.05) is 47.5 Å². The zero-order valence-corrected chi connectivity index (χ0v) is 20.6. The van der Waals surface area contributed by atoms with Gasteiger partial charge >= 0.3 is 0 Å². The fourth-order valence-corrected chi connectivity index (χ4v) is 4.50. The van der Waals surface area contributed by atoms with Crippen LogP contribution in [0.4, 0.5) is 5.69 Å². The molecule has 174 valence electrons. The largest absolute Gasteiger partial charge is 0.355 e. The first-order chi connectivity index (χ1) is 15.0. The van der Waals surface area contributed by atoms with Gasteiger partial charge in [-0.3, -0.25) is 13.9 Å². The third-order valence-corrected chi connectivity index (χ3v) is 6.61. The maximum atomic E-state index is 13.4. The van der Waals surface area contributed by atoms with Crippen molar-refractivity contribution >= 4 is 39.1 Å². The Hall–Kier alpha value is -2.58. The van der Waals surface area contributed by atoms with Crippen molar-refractivity contribution < 1.29 is 18.0 Å². The number of nitrogens with one attached hydrogen (secondary N) is 1. The fraction of sp³-hybridized carbons (Fsp3) is 0.391. The van der Waals surface area contributed by atoms with Crippen molar-refractivity contribution in [1.29, 1.82) is 0 Å². The van der Waals surface area contributed by atoms with Crippen LogP contribution < -0.4 is 9.62 Å². The molecule has 2 rings (SSSR count). The van der Waals surface area contributed by atoms with Gasteiger partial charge in [-0.15, -0.1) is 0 Å². The Morgan fingerprint density at radius 1 is 1.12 bits per heavy atom. The van der Waals surface area contributed by atoms with Crippen molar-refractivity contribution in [1.82, 2.24) is 10.2 Å². The standard InChI is InChI=1S/C23H30ClN3O4S/c1-6-25-23(29)18(4)26(14-19-9-7-8-10-20(19)24)22(28)15-27(32(5,30)31)21-12-11-16(2)13-17(21)3/h7-13,18H,6,14-15H2,1-5H3,(H,25,29)/t18-/m1/s1. The second kappa shape index (κ2) is 10.8. The lowest BCUT2D eigenvalue weighted by Crippen LogP contribution is -2.51. The number of nitrogens with zero attached hydrogens (tertiary/aromatic N) is 2. The van der Waals surface area contributed by atoms with Crippen LogP contribution in [0.25, 0.3) is 0 Å². The van der Waals surface area contributed by atoms with Crippen LogP contribution in [0.5, 0.6) is 0 Å². The van der Waals surface area contributed by atoms with Gasteiger partial charge in [0, 0.05) is 18.1 Å². The predicted octanol–water partition coefficient (Wildman–Crippen LogP) is 3.28. The Bertz CT molecular complexity index is 1090. The van der Waals surface area contributed by atoms with Crippen molar-refractivity contribution in [3.63, 3.8) is 0 Å². The molecule has 0 saturated heterocycles. The molecule has 0 fully saturated rings. The van der Waals surface area contributed by atoms with Crippen LogP contribution in [0, 0.1) is 13.8 Å². The highest BCUT2D eigenvalue weighted by Crippen LogP contribution is 2.25. The molecular formula is C23H30ClN3O4S. The zero-order valence-electron chi connectivity index (χ0n) is 19.1. The first-order valence-corrected chi connectivity index (χ1v) is 12.5. The second-order valence-corrected chi connectivity index (χ2v) is 10.1. The van der Waals surface area contributed by atoms with E-state index in [1.54, 1.807) is 57.2 Å². The monoisotopic (exact) mass is 479 g/mol. The van der Waals surface area contributed by atoms with Gasteiger partial charge in [-0.25, -0.2) is 8.42 Å². The number of carbonyl (C=O) groups excluding carboxylic acids is 2. The average Bonchev–Trinajstić information content (AvgIpc) is 2.70. The molecular weight excluding hydrogens is 450 g/mol. The lowest BCUT2D eigenvalue weighted by atomic mass is 10.1. The Morgan fingerprint density at radius 2 is 1.78 bits per heavy atom. The minimum atomic E-state index is -3.76. The van der Waals surface area contributed by atoms with E-state index in [0.29, 0.717) is 22.8 Å². The number of halogens is 1. The summed E-state index contributed by atoms with van der Waals surface area (Å²) in [6.07, 6.45) is 1.06. The van der Waals surface area contributed by atoms with Gasteiger partial charge in [0.1, 0.15) is 12.6 Å². The summed E-state index contributed by atoms with van der Waals surface area (Å²) in [6, 6.07) is 11.6. The number of rotatable bonds is 9. The topological polar surface area (TPSA) is 86.8 Å². The van der Waals surface area contributed by atoms with Crippen molar-refractivity contribution in [2.24, 2.45) is 0 Å². The van der Waals surface area contributed by atoms with E-state index in [-0.39, 0.29) is 12.5 Å². The van der Waals surface area contributed by atoms with Gasteiger partial charge in [-0.05, 0) is 51.0 Å². The van der Waals surface area contributed by atoms with Crippen LogP contribution in [0.1, 0.15) is 30.5 Å². The third kappa shape index (κ3) is 6.46. The molecule has 0 saturated carbocycles. The first-order valence-electron chi connectivity index (χ1n) is 10.3. The van der Waals surface area contributed by atoms with Gasteiger partial charge < -0.3 is 10.2 Å². The van der Waals surface area contributed by atoms with Crippen molar-refractivity contribution in [2.45, 2.75) is 40.3 Å². The highest BCUT2D eigenvalue weighted by molar-refractivity contribution is 7.92. The summed E-state index contributed by atoms with van der Waals surface area (Å²) in [7, 11) is -3.76. The van der Waals surface area contributed by atoms with E-state index in [4.69, 9.17) is 11.6 Å². The van der Waals surface area contributed by atoms with Gasteiger partial charge in [0.2, 0.25) is 21.8 Å². The molecule has 2 amide bonds. The number of aryl methyl sites for hydroxylation is 2. The van der Waals surface area contributed by atoms with Crippen molar-refractivity contribution in [3.05, 3.63) is 64.2 Å². The highest BCUT2D eigenvalue weighted by Gasteiger charge is 2.30. The molecule has 0 aliphatic heterocycles. The molecule has 1 atom stereocenters. The van der Waals surface area contributed by atoms with Gasteiger partial charge in [-0.2, -0.15) is 0 Å². The minimum Gasteiger partial charge on any atom is -0.355 e. The number of likely N-dealkylation sites (N-methyl/N-ethyl adjacent to an activating group) is 1. The summed E-state index contributed by atoms with van der Waals surface area (Å²) in [4.78, 5) is 27.3. The number of benzene rings is 2. The quantitative estimate of drug-likeness (QED) is 0.598. The van der Waals surface area contributed by atoms with Crippen LogP contribution in [-0.2, 0) is 26.2 Å². The van der Waals surface area contributed by atoms with Gasteiger partial charge in [0.15, 0.2) is 0 Å². The van der Waals surface area contributed by atoms with E-state index in [1.165, 1.54) is 4.90 Å². The normalized spacial score (nSPS) is 12.2. The molecule has 0 heterocycles. The van der Waals surface area contributed by atoms with E-state index in [0.717, 1.165) is 21.7 Å². The van der Waals surface area contributed by atoms with Crippen LogP contribution in [0.15, 0.2) is 42.5 Å². The summed E-state index contributed by atoms with van der Waals surface area (Å²) in [5.41, 5.74) is 2.81. The molecule has 7 nitrogen and oxygen atoms in total. The molecule has 1 N–H and O–H groups in total. The molecule has 0 radical (unpaired) electrons. The average molecular weight is 480 g/mol. The van der Waals surface area contributed by atoms with Gasteiger partial charge in [0.05, 0.1) is 11.9 Å². The molecule has 0 unspecified atom stereocenters. The molecule has 9 heteroatoms. The summed E-state index contributed by atoms with van der Waals surface area (Å²) >= 11 is 6.28. The van der Waals surface area contributed by atoms with E-state index in [9.17, 15) is 18.0 Å². The summed E-state index contributed by atoms with van der Waals surface area (Å²) in [5.74, 6) is -0.834. The Balaban J connectivity index is 2.43. The summed E-state index contributed by atoms with van der Waals surface area (Å²) in [6.45, 7) is 7.15. The zero-order chi connectivity index (χ0) is 24.1. The smallest absolute Gasteiger partial charge is 0.244 e. The maximum Gasteiger partial charge on any atom is 0.244 e.